The summed E-state index contributed by atoms with van der Waals surface area (Å²) < 4.78 is 20.0. The first-order chi connectivity index (χ1) is 13.1. The number of ether oxygens (including phenoxy) is 1. The van der Waals surface area contributed by atoms with Gasteiger partial charge in [0, 0.05) is 43.2 Å². The number of rotatable bonds is 5. The second-order valence-electron chi connectivity index (χ2n) is 6.81. The van der Waals surface area contributed by atoms with E-state index in [1.165, 1.54) is 17.7 Å². The van der Waals surface area contributed by atoms with Crippen LogP contribution >= 0.6 is 39.9 Å². The molecule has 0 bridgehead atoms. The van der Waals surface area contributed by atoms with Gasteiger partial charge in [0.05, 0.1) is 0 Å². The lowest BCUT2D eigenvalue weighted by atomic mass is 9.74. The van der Waals surface area contributed by atoms with Gasteiger partial charge in [-0.15, -0.1) is 24.0 Å². The summed E-state index contributed by atoms with van der Waals surface area (Å²) in [4.78, 5) is 4.31. The molecule has 0 spiro atoms. The van der Waals surface area contributed by atoms with Crippen LogP contribution in [0.2, 0.25) is 0 Å². The van der Waals surface area contributed by atoms with Crippen LogP contribution in [0.4, 0.5) is 4.39 Å². The van der Waals surface area contributed by atoms with Crippen LogP contribution in [0.25, 0.3) is 0 Å². The van der Waals surface area contributed by atoms with Crippen LogP contribution in [0, 0.1) is 5.82 Å². The van der Waals surface area contributed by atoms with Gasteiger partial charge in [-0.2, -0.15) is 0 Å². The molecule has 0 saturated carbocycles. The van der Waals surface area contributed by atoms with Crippen LogP contribution in [0.15, 0.2) is 58.0 Å². The third kappa shape index (κ3) is 6.15. The number of nitrogens with zero attached hydrogens (tertiary/aromatic N) is 1. The average Bonchev–Trinajstić information content (AvgIpc) is 2.69. The lowest BCUT2D eigenvalue weighted by Gasteiger charge is -2.38. The predicted octanol–water partition coefficient (Wildman–Crippen LogP) is 4.62. The minimum Gasteiger partial charge on any atom is -0.381 e. The summed E-state index contributed by atoms with van der Waals surface area (Å²) >= 11 is 3.51. The van der Waals surface area contributed by atoms with Crippen molar-refractivity contribution in [1.29, 1.82) is 0 Å². The Labute approximate surface area is 191 Å². The van der Waals surface area contributed by atoms with E-state index in [0.717, 1.165) is 42.6 Å². The number of hydrogen-bond acceptors (Lipinski definition) is 2. The van der Waals surface area contributed by atoms with Crippen LogP contribution in [0.3, 0.4) is 0 Å². The van der Waals surface area contributed by atoms with E-state index in [-0.39, 0.29) is 35.2 Å². The number of guanidine groups is 1. The number of benzene rings is 2. The molecule has 28 heavy (non-hydrogen) atoms. The highest BCUT2D eigenvalue weighted by Gasteiger charge is 2.34. The molecule has 1 fully saturated rings. The minimum absolute atomic E-state index is 0. The molecule has 2 N–H and O–H groups in total. The number of aliphatic imine (C=N–C) groups is 1. The number of halogens is 3. The summed E-state index contributed by atoms with van der Waals surface area (Å²) in [6.45, 7) is 2.80. The highest BCUT2D eigenvalue weighted by molar-refractivity contribution is 14.0. The molecule has 0 atom stereocenters. The van der Waals surface area contributed by atoms with Crippen LogP contribution in [0.1, 0.15) is 24.0 Å². The normalized spacial score (nSPS) is 16.2. The van der Waals surface area contributed by atoms with E-state index >= 15 is 0 Å². The van der Waals surface area contributed by atoms with Crippen molar-refractivity contribution in [3.05, 3.63) is 69.9 Å². The maximum atomic E-state index is 13.3. The second kappa shape index (κ2) is 11.1. The van der Waals surface area contributed by atoms with Crippen molar-refractivity contribution in [1.82, 2.24) is 10.6 Å². The summed E-state index contributed by atoms with van der Waals surface area (Å²) in [7, 11) is 1.75. The zero-order valence-corrected chi connectivity index (χ0v) is 19.8. The van der Waals surface area contributed by atoms with Gasteiger partial charge in [-0.25, -0.2) is 4.39 Å². The van der Waals surface area contributed by atoms with E-state index in [4.69, 9.17) is 4.74 Å². The van der Waals surface area contributed by atoms with Crippen molar-refractivity contribution in [3.63, 3.8) is 0 Å². The van der Waals surface area contributed by atoms with Crippen molar-refractivity contribution < 1.29 is 9.13 Å². The van der Waals surface area contributed by atoms with Gasteiger partial charge < -0.3 is 15.4 Å². The molecule has 0 aliphatic carbocycles. The van der Waals surface area contributed by atoms with Gasteiger partial charge in [0.15, 0.2) is 5.96 Å². The smallest absolute Gasteiger partial charge is 0.191 e. The molecule has 0 aromatic heterocycles. The second-order valence-corrected chi connectivity index (χ2v) is 7.72. The van der Waals surface area contributed by atoms with Crippen LogP contribution in [0.5, 0.6) is 0 Å². The summed E-state index contributed by atoms with van der Waals surface area (Å²) in [5, 5.41) is 6.72. The summed E-state index contributed by atoms with van der Waals surface area (Å²) in [6, 6.07) is 15.1. The Hall–Kier alpha value is -1.19. The van der Waals surface area contributed by atoms with Gasteiger partial charge in [0.1, 0.15) is 5.82 Å². The molecule has 2 aromatic carbocycles. The molecular formula is C21H26BrFIN3O. The Morgan fingerprint density at radius 1 is 1.14 bits per heavy atom. The Morgan fingerprint density at radius 3 is 2.50 bits per heavy atom. The lowest BCUT2D eigenvalue weighted by Crippen LogP contribution is -2.47. The standard InChI is InChI=1S/C21H25BrFN3O.HI/c1-24-20(25-14-16-3-2-4-19(23)13-16)26-15-21(9-11-27-12-10-21)17-5-7-18(22)8-6-17;/h2-8,13H,9-12,14-15H2,1H3,(H2,24,25,26);1H. The fraction of sp³-hybridized carbons (Fsp3) is 0.381. The van der Waals surface area contributed by atoms with Crippen molar-refractivity contribution in [3.8, 4) is 0 Å². The molecule has 2 aromatic rings. The highest BCUT2D eigenvalue weighted by atomic mass is 127. The molecule has 0 amide bonds. The molecule has 0 unspecified atom stereocenters. The first kappa shape index (κ1) is 23.1. The third-order valence-corrected chi connectivity index (χ3v) is 5.60. The Bertz CT molecular complexity index is 779. The molecule has 7 heteroatoms. The van der Waals surface area contributed by atoms with E-state index in [1.807, 2.05) is 6.07 Å². The Balaban J connectivity index is 0.00000280. The SMILES string of the molecule is CN=C(NCc1cccc(F)c1)NCC1(c2ccc(Br)cc2)CCOCC1.I. The summed E-state index contributed by atoms with van der Waals surface area (Å²) in [5.74, 6) is 0.482. The van der Waals surface area contributed by atoms with Crippen molar-refractivity contribution >= 4 is 45.9 Å². The average molecular weight is 562 g/mol. The van der Waals surface area contributed by atoms with Crippen LogP contribution < -0.4 is 10.6 Å². The minimum atomic E-state index is -0.228. The van der Waals surface area contributed by atoms with Gasteiger partial charge in [0.25, 0.3) is 0 Å². The summed E-state index contributed by atoms with van der Waals surface area (Å²) in [6.07, 6.45) is 1.92. The van der Waals surface area contributed by atoms with Gasteiger partial charge in [-0.1, -0.05) is 40.2 Å². The number of nitrogens with one attached hydrogen (secondary N) is 2. The van der Waals surface area contributed by atoms with Crippen LogP contribution in [-0.2, 0) is 16.7 Å². The molecule has 1 aliphatic rings. The van der Waals surface area contributed by atoms with E-state index in [9.17, 15) is 4.39 Å². The molecule has 1 saturated heterocycles. The monoisotopic (exact) mass is 561 g/mol. The fourth-order valence-corrected chi connectivity index (χ4v) is 3.70. The molecule has 1 aliphatic heterocycles. The van der Waals surface area contributed by atoms with Gasteiger partial charge in [-0.3, -0.25) is 4.99 Å². The highest BCUT2D eigenvalue weighted by Crippen LogP contribution is 2.34. The summed E-state index contributed by atoms with van der Waals surface area (Å²) in [5.41, 5.74) is 2.20. The van der Waals surface area contributed by atoms with E-state index in [0.29, 0.717) is 12.5 Å². The fourth-order valence-electron chi connectivity index (χ4n) is 3.44. The molecule has 3 rings (SSSR count). The van der Waals surface area contributed by atoms with E-state index < -0.39 is 0 Å². The largest absolute Gasteiger partial charge is 0.381 e. The maximum Gasteiger partial charge on any atom is 0.191 e. The Kier molecular flexibility index (Phi) is 9.17. The van der Waals surface area contributed by atoms with Gasteiger partial charge >= 0.3 is 0 Å². The molecule has 0 radical (unpaired) electrons. The quantitative estimate of drug-likeness (QED) is 0.318. The lowest BCUT2D eigenvalue weighted by molar-refractivity contribution is 0.0514. The van der Waals surface area contributed by atoms with E-state index in [1.54, 1.807) is 13.1 Å². The Morgan fingerprint density at radius 2 is 1.86 bits per heavy atom. The van der Waals surface area contributed by atoms with Crippen LogP contribution in [-0.4, -0.2) is 32.8 Å². The van der Waals surface area contributed by atoms with Crippen molar-refractivity contribution in [2.75, 3.05) is 26.8 Å². The van der Waals surface area contributed by atoms with E-state index in [2.05, 4.69) is 55.8 Å². The van der Waals surface area contributed by atoms with Gasteiger partial charge in [0.2, 0.25) is 0 Å². The first-order valence-electron chi connectivity index (χ1n) is 9.14. The van der Waals surface area contributed by atoms with Crippen molar-refractivity contribution in [2.45, 2.75) is 24.8 Å². The zero-order chi connectivity index (χ0) is 19.1. The molecule has 4 nitrogen and oxygen atoms in total. The molecular weight excluding hydrogens is 536 g/mol. The third-order valence-electron chi connectivity index (χ3n) is 5.07. The van der Waals surface area contributed by atoms with Crippen molar-refractivity contribution in [2.24, 2.45) is 4.99 Å². The molecule has 1 heterocycles. The zero-order valence-electron chi connectivity index (χ0n) is 15.9. The first-order valence-corrected chi connectivity index (χ1v) is 9.93. The predicted molar refractivity (Wildman–Crippen MR) is 126 cm³/mol. The van der Waals surface area contributed by atoms with Gasteiger partial charge in [-0.05, 0) is 48.2 Å². The number of hydrogen-bond donors (Lipinski definition) is 2. The molecule has 152 valence electrons. The maximum absolute atomic E-state index is 13.3. The topological polar surface area (TPSA) is 45.7 Å².